The molecule has 1 heterocycles. The Bertz CT molecular complexity index is 708. The maximum absolute atomic E-state index is 12.9. The summed E-state index contributed by atoms with van der Waals surface area (Å²) >= 11 is 3.06. The molecule has 6 nitrogen and oxygen atoms in total. The standard InChI is InChI=1S/C13H14BrFN2O4S/c14-11-6-9(15)1-2-10(11)13(19)17-16-12(18)5-8-3-4-22(20,21)7-8/h1-2,6,8H,3-5,7H2,(H,16,18)(H,17,19)/t8-/m0/s1. The lowest BCUT2D eigenvalue weighted by atomic mass is 10.1. The first-order valence-corrected chi connectivity index (χ1v) is 9.13. The van der Waals surface area contributed by atoms with Gasteiger partial charge in [-0.05, 0) is 46.5 Å². The summed E-state index contributed by atoms with van der Waals surface area (Å²) in [7, 11) is -3.03. The van der Waals surface area contributed by atoms with Crippen molar-refractivity contribution in [2.75, 3.05) is 11.5 Å². The lowest BCUT2D eigenvalue weighted by Crippen LogP contribution is -2.42. The Balaban J connectivity index is 1.84. The quantitative estimate of drug-likeness (QED) is 0.755. The molecule has 2 N–H and O–H groups in total. The maximum Gasteiger partial charge on any atom is 0.270 e. The summed E-state index contributed by atoms with van der Waals surface area (Å²) < 4.78 is 35.8. The van der Waals surface area contributed by atoms with Gasteiger partial charge in [0.05, 0.1) is 17.1 Å². The van der Waals surface area contributed by atoms with E-state index in [4.69, 9.17) is 0 Å². The van der Waals surface area contributed by atoms with Gasteiger partial charge in [0.15, 0.2) is 9.84 Å². The van der Waals surface area contributed by atoms with Crippen LogP contribution in [-0.2, 0) is 14.6 Å². The molecule has 120 valence electrons. The summed E-state index contributed by atoms with van der Waals surface area (Å²) in [5.74, 6) is -1.68. The lowest BCUT2D eigenvalue weighted by molar-refractivity contribution is -0.122. The highest BCUT2D eigenvalue weighted by Gasteiger charge is 2.29. The van der Waals surface area contributed by atoms with E-state index in [1.165, 1.54) is 6.07 Å². The fourth-order valence-corrected chi connectivity index (χ4v) is 4.61. The molecule has 9 heteroatoms. The highest BCUT2D eigenvalue weighted by atomic mass is 79.9. The first-order chi connectivity index (χ1) is 10.3. The van der Waals surface area contributed by atoms with Gasteiger partial charge in [-0.25, -0.2) is 12.8 Å². The number of nitrogens with one attached hydrogen (secondary N) is 2. The van der Waals surface area contributed by atoms with E-state index in [0.717, 1.165) is 12.1 Å². The minimum absolute atomic E-state index is 0.00211. The predicted octanol–water partition coefficient (Wildman–Crippen LogP) is 1.17. The monoisotopic (exact) mass is 392 g/mol. The number of carbonyl (C=O) groups excluding carboxylic acids is 2. The number of rotatable bonds is 3. The second kappa shape index (κ2) is 6.74. The number of carbonyl (C=O) groups is 2. The summed E-state index contributed by atoms with van der Waals surface area (Å²) in [4.78, 5) is 23.5. The molecular formula is C13H14BrFN2O4S. The van der Waals surface area contributed by atoms with Crippen LogP contribution in [0.4, 0.5) is 4.39 Å². The molecule has 2 rings (SSSR count). The van der Waals surface area contributed by atoms with E-state index in [0.29, 0.717) is 6.42 Å². The van der Waals surface area contributed by atoms with E-state index in [1.54, 1.807) is 0 Å². The number of amides is 2. The van der Waals surface area contributed by atoms with Crippen LogP contribution >= 0.6 is 15.9 Å². The third kappa shape index (κ3) is 4.51. The van der Waals surface area contributed by atoms with Crippen molar-refractivity contribution in [3.63, 3.8) is 0 Å². The molecular weight excluding hydrogens is 379 g/mol. The van der Waals surface area contributed by atoms with Gasteiger partial charge in [-0.3, -0.25) is 20.4 Å². The van der Waals surface area contributed by atoms with E-state index < -0.39 is 27.5 Å². The average molecular weight is 393 g/mol. The zero-order valence-electron chi connectivity index (χ0n) is 11.4. The number of halogens is 2. The van der Waals surface area contributed by atoms with E-state index in [2.05, 4.69) is 26.8 Å². The normalized spacial score (nSPS) is 19.6. The molecule has 0 aromatic heterocycles. The largest absolute Gasteiger partial charge is 0.273 e. The van der Waals surface area contributed by atoms with Gasteiger partial charge in [0.2, 0.25) is 5.91 Å². The van der Waals surface area contributed by atoms with Gasteiger partial charge in [-0.2, -0.15) is 0 Å². The summed E-state index contributed by atoms with van der Waals surface area (Å²) in [6.07, 6.45) is 0.483. The molecule has 1 atom stereocenters. The van der Waals surface area contributed by atoms with E-state index >= 15 is 0 Å². The number of hydrazine groups is 1. The molecule has 0 unspecified atom stereocenters. The summed E-state index contributed by atoms with van der Waals surface area (Å²) in [6.45, 7) is 0. The van der Waals surface area contributed by atoms with Crippen molar-refractivity contribution in [3.8, 4) is 0 Å². The van der Waals surface area contributed by atoms with E-state index in [1.807, 2.05) is 0 Å². The molecule has 1 saturated heterocycles. The third-order valence-electron chi connectivity index (χ3n) is 3.29. The van der Waals surface area contributed by atoms with Crippen molar-refractivity contribution in [2.24, 2.45) is 5.92 Å². The predicted molar refractivity (Wildman–Crippen MR) is 81.1 cm³/mol. The Morgan fingerprint density at radius 1 is 1.32 bits per heavy atom. The first kappa shape index (κ1) is 16.9. The molecule has 0 aliphatic carbocycles. The number of benzene rings is 1. The molecule has 22 heavy (non-hydrogen) atoms. The zero-order valence-corrected chi connectivity index (χ0v) is 13.8. The highest BCUT2D eigenvalue weighted by Crippen LogP contribution is 2.21. The molecule has 1 fully saturated rings. The molecule has 0 bridgehead atoms. The molecule has 2 amide bonds. The number of hydrogen-bond donors (Lipinski definition) is 2. The summed E-state index contributed by atoms with van der Waals surface area (Å²) in [5.41, 5.74) is 4.61. The van der Waals surface area contributed by atoms with Gasteiger partial charge in [0.25, 0.3) is 5.91 Å². The number of sulfone groups is 1. The minimum atomic E-state index is -3.03. The van der Waals surface area contributed by atoms with Crippen LogP contribution < -0.4 is 10.9 Å². The SMILES string of the molecule is O=C(C[C@@H]1CCS(=O)(=O)C1)NNC(=O)c1ccc(F)cc1Br. The Morgan fingerprint density at radius 2 is 2.05 bits per heavy atom. The van der Waals surface area contributed by atoms with Crippen molar-refractivity contribution in [2.45, 2.75) is 12.8 Å². The molecule has 0 spiro atoms. The van der Waals surface area contributed by atoms with Crippen molar-refractivity contribution in [1.82, 2.24) is 10.9 Å². The van der Waals surface area contributed by atoms with Gasteiger partial charge in [0, 0.05) is 10.9 Å². The summed E-state index contributed by atoms with van der Waals surface area (Å²) in [5, 5.41) is 0. The third-order valence-corrected chi connectivity index (χ3v) is 5.79. The van der Waals surface area contributed by atoms with Crippen LogP contribution in [-0.4, -0.2) is 31.7 Å². The molecule has 1 aliphatic rings. The first-order valence-electron chi connectivity index (χ1n) is 6.51. The molecule has 0 saturated carbocycles. The van der Waals surface area contributed by atoms with Gasteiger partial charge in [0.1, 0.15) is 5.82 Å². The Labute approximate surface area is 135 Å². The Hall–Kier alpha value is -1.48. The van der Waals surface area contributed by atoms with Crippen molar-refractivity contribution >= 4 is 37.6 Å². The fourth-order valence-electron chi connectivity index (χ4n) is 2.21. The van der Waals surface area contributed by atoms with Crippen LogP contribution in [0.25, 0.3) is 0 Å². The molecule has 1 aliphatic heterocycles. The Morgan fingerprint density at radius 3 is 2.64 bits per heavy atom. The van der Waals surface area contributed by atoms with Crippen LogP contribution in [0.5, 0.6) is 0 Å². The second-order valence-corrected chi connectivity index (χ2v) is 8.18. The van der Waals surface area contributed by atoms with Crippen LogP contribution in [0.3, 0.4) is 0 Å². The van der Waals surface area contributed by atoms with Crippen molar-refractivity contribution in [1.29, 1.82) is 0 Å². The van der Waals surface area contributed by atoms with Crippen LogP contribution in [0.2, 0.25) is 0 Å². The molecule has 1 aromatic rings. The van der Waals surface area contributed by atoms with Crippen molar-refractivity contribution in [3.05, 3.63) is 34.1 Å². The second-order valence-electron chi connectivity index (χ2n) is 5.10. The molecule has 1 aromatic carbocycles. The molecule has 0 radical (unpaired) electrons. The number of hydrogen-bond acceptors (Lipinski definition) is 4. The fraction of sp³-hybridized carbons (Fsp3) is 0.385. The average Bonchev–Trinajstić information content (AvgIpc) is 2.75. The maximum atomic E-state index is 12.9. The van der Waals surface area contributed by atoms with E-state index in [9.17, 15) is 22.4 Å². The van der Waals surface area contributed by atoms with Crippen LogP contribution in [0, 0.1) is 11.7 Å². The van der Waals surface area contributed by atoms with E-state index in [-0.39, 0.29) is 33.9 Å². The van der Waals surface area contributed by atoms with Gasteiger partial charge in [-0.1, -0.05) is 0 Å². The van der Waals surface area contributed by atoms with Gasteiger partial charge in [-0.15, -0.1) is 0 Å². The van der Waals surface area contributed by atoms with Crippen LogP contribution in [0.15, 0.2) is 22.7 Å². The Kier molecular flexibility index (Phi) is 5.17. The lowest BCUT2D eigenvalue weighted by Gasteiger charge is -2.10. The smallest absolute Gasteiger partial charge is 0.270 e. The van der Waals surface area contributed by atoms with Gasteiger partial charge < -0.3 is 0 Å². The highest BCUT2D eigenvalue weighted by molar-refractivity contribution is 9.10. The van der Waals surface area contributed by atoms with Crippen LogP contribution in [0.1, 0.15) is 23.2 Å². The zero-order chi connectivity index (χ0) is 16.3. The van der Waals surface area contributed by atoms with Gasteiger partial charge >= 0.3 is 0 Å². The minimum Gasteiger partial charge on any atom is -0.273 e. The summed E-state index contributed by atoms with van der Waals surface area (Å²) in [6, 6.07) is 3.55. The topological polar surface area (TPSA) is 92.3 Å². The van der Waals surface area contributed by atoms with Crippen molar-refractivity contribution < 1.29 is 22.4 Å².